The molecule has 82 valence electrons. The molecule has 0 aromatic heterocycles. The molecule has 2 aliphatic rings. The van der Waals surface area contributed by atoms with Crippen LogP contribution in [0.15, 0.2) is 0 Å². The van der Waals surface area contributed by atoms with Crippen LogP contribution in [0.3, 0.4) is 0 Å². The fraction of sp³-hybridized carbons (Fsp3) is 1.00. The molecule has 0 bridgehead atoms. The van der Waals surface area contributed by atoms with Crippen molar-refractivity contribution in [1.82, 2.24) is 0 Å². The molecule has 2 saturated heterocycles. The van der Waals surface area contributed by atoms with Gasteiger partial charge in [0.05, 0.1) is 18.5 Å². The Labute approximate surface area is 89.2 Å². The lowest BCUT2D eigenvalue weighted by Gasteiger charge is -2.14. The highest BCUT2D eigenvalue weighted by atomic mass is 32.2. The number of fused-ring (bicyclic) bond motifs is 1. The minimum atomic E-state index is -0.406. The monoisotopic (exact) mass is 218 g/mol. The lowest BCUT2D eigenvalue weighted by molar-refractivity contribution is 0.0188. The van der Waals surface area contributed by atoms with Gasteiger partial charge in [0, 0.05) is 0 Å². The Morgan fingerprint density at radius 1 is 1.29 bits per heavy atom. The molecule has 0 amide bonds. The summed E-state index contributed by atoms with van der Waals surface area (Å²) in [7, 11) is 0. The van der Waals surface area contributed by atoms with Gasteiger partial charge in [-0.2, -0.15) is 11.8 Å². The zero-order chi connectivity index (χ0) is 9.97. The van der Waals surface area contributed by atoms with Gasteiger partial charge in [-0.25, -0.2) is 0 Å². The van der Waals surface area contributed by atoms with Crippen LogP contribution in [-0.2, 0) is 9.47 Å². The summed E-state index contributed by atoms with van der Waals surface area (Å²) < 4.78 is 11.1. The topological polar surface area (TPSA) is 38.7 Å². The average Bonchev–Trinajstić information content (AvgIpc) is 2.72. The zero-order valence-electron chi connectivity index (χ0n) is 8.52. The van der Waals surface area contributed by atoms with Crippen LogP contribution in [0, 0.1) is 0 Å². The summed E-state index contributed by atoms with van der Waals surface area (Å²) in [4.78, 5) is 0. The van der Waals surface area contributed by atoms with Crippen LogP contribution in [0.5, 0.6) is 0 Å². The van der Waals surface area contributed by atoms with E-state index in [0.29, 0.717) is 11.9 Å². The summed E-state index contributed by atoms with van der Waals surface area (Å²) in [6, 6.07) is 0. The zero-order valence-corrected chi connectivity index (χ0v) is 9.33. The molecule has 4 heteroatoms. The van der Waals surface area contributed by atoms with Gasteiger partial charge in [-0.15, -0.1) is 0 Å². The Kier molecular flexibility index (Phi) is 3.71. The highest BCUT2D eigenvalue weighted by Gasteiger charge is 2.46. The molecule has 0 aromatic carbocycles. The maximum Gasteiger partial charge on any atom is 0.113 e. The van der Waals surface area contributed by atoms with Gasteiger partial charge in [0.15, 0.2) is 0 Å². The number of aliphatic hydroxyl groups is 1. The van der Waals surface area contributed by atoms with Crippen LogP contribution < -0.4 is 0 Å². The second kappa shape index (κ2) is 4.84. The summed E-state index contributed by atoms with van der Waals surface area (Å²) >= 11 is 1.93. The van der Waals surface area contributed by atoms with E-state index >= 15 is 0 Å². The molecule has 0 radical (unpaired) electrons. The largest absolute Gasteiger partial charge is 0.388 e. The van der Waals surface area contributed by atoms with Crippen molar-refractivity contribution in [2.24, 2.45) is 0 Å². The number of hydrogen-bond donors (Lipinski definition) is 1. The van der Waals surface area contributed by atoms with E-state index in [0.717, 1.165) is 6.61 Å². The first-order chi connectivity index (χ1) is 6.83. The van der Waals surface area contributed by atoms with Crippen LogP contribution in [0.1, 0.15) is 19.8 Å². The van der Waals surface area contributed by atoms with Crippen molar-refractivity contribution in [3.05, 3.63) is 0 Å². The van der Waals surface area contributed by atoms with E-state index in [1.54, 1.807) is 0 Å². The van der Waals surface area contributed by atoms with Crippen LogP contribution in [-0.4, -0.2) is 47.6 Å². The van der Waals surface area contributed by atoms with E-state index in [4.69, 9.17) is 9.47 Å². The van der Waals surface area contributed by atoms with E-state index in [-0.39, 0.29) is 12.2 Å². The Bertz CT molecular complexity index is 188. The Morgan fingerprint density at radius 3 is 2.86 bits per heavy atom. The van der Waals surface area contributed by atoms with Crippen molar-refractivity contribution in [1.29, 1.82) is 0 Å². The molecule has 0 aliphatic carbocycles. The number of unbranched alkanes of at least 4 members (excludes halogenated alkanes) is 1. The van der Waals surface area contributed by atoms with Crippen molar-refractivity contribution < 1.29 is 14.6 Å². The molecule has 1 N–H and O–H groups in total. The maximum absolute atomic E-state index is 9.53. The number of aliphatic hydroxyl groups excluding tert-OH is 1. The fourth-order valence-electron chi connectivity index (χ4n) is 1.97. The summed E-state index contributed by atoms with van der Waals surface area (Å²) in [5.41, 5.74) is 0. The third kappa shape index (κ3) is 2.08. The molecule has 14 heavy (non-hydrogen) atoms. The van der Waals surface area contributed by atoms with Gasteiger partial charge in [-0.05, 0) is 12.2 Å². The third-order valence-electron chi connectivity index (χ3n) is 2.81. The van der Waals surface area contributed by atoms with E-state index in [9.17, 15) is 5.11 Å². The highest BCUT2D eigenvalue weighted by molar-refractivity contribution is 8.00. The summed E-state index contributed by atoms with van der Waals surface area (Å²) in [6.07, 6.45) is 2.15. The molecule has 2 heterocycles. The van der Waals surface area contributed by atoms with Gasteiger partial charge in [0.25, 0.3) is 0 Å². The second-order valence-corrected chi connectivity index (χ2v) is 5.27. The Hall–Kier alpha value is 0.230. The number of thioether (sulfide) groups is 1. The first kappa shape index (κ1) is 10.7. The van der Waals surface area contributed by atoms with Crippen LogP contribution in [0.4, 0.5) is 0 Å². The normalized spacial score (nSPS) is 41.6. The third-order valence-corrected chi connectivity index (χ3v) is 4.17. The van der Waals surface area contributed by atoms with Gasteiger partial charge < -0.3 is 14.6 Å². The van der Waals surface area contributed by atoms with Crippen molar-refractivity contribution in [3.8, 4) is 0 Å². The van der Waals surface area contributed by atoms with Crippen molar-refractivity contribution in [2.45, 2.75) is 43.3 Å². The molecule has 2 rings (SSSR count). The minimum absolute atomic E-state index is 0.0610. The van der Waals surface area contributed by atoms with E-state index in [2.05, 4.69) is 6.92 Å². The van der Waals surface area contributed by atoms with Crippen molar-refractivity contribution >= 4 is 11.8 Å². The quantitative estimate of drug-likeness (QED) is 0.716. The molecular formula is C10H18O3S. The summed E-state index contributed by atoms with van der Waals surface area (Å²) in [5.74, 6) is 1.17. The Morgan fingerprint density at radius 2 is 2.07 bits per heavy atom. The number of ether oxygens (including phenoxy) is 2. The summed E-state index contributed by atoms with van der Waals surface area (Å²) in [6.45, 7) is 3.38. The predicted octanol–water partition coefficient (Wildman–Crippen LogP) is 1.05. The predicted molar refractivity (Wildman–Crippen MR) is 56.6 cm³/mol. The molecule has 4 atom stereocenters. The van der Waals surface area contributed by atoms with E-state index in [1.807, 2.05) is 11.8 Å². The Balaban J connectivity index is 1.78. The fourth-order valence-corrected chi connectivity index (χ4v) is 3.32. The van der Waals surface area contributed by atoms with Gasteiger partial charge in [0.2, 0.25) is 0 Å². The standard InChI is InChI=1S/C10H18O3S/c1-2-3-4-14-8-6-13-9-7(11)5-12-10(8)9/h7-11H,2-6H2,1H3/t7-,8?,9+,10+/m0/s1. The first-order valence-corrected chi connectivity index (χ1v) is 6.40. The van der Waals surface area contributed by atoms with Gasteiger partial charge >= 0.3 is 0 Å². The summed E-state index contributed by atoms with van der Waals surface area (Å²) in [5, 5.41) is 9.96. The molecule has 3 nitrogen and oxygen atoms in total. The molecule has 1 unspecified atom stereocenters. The average molecular weight is 218 g/mol. The molecular weight excluding hydrogens is 200 g/mol. The molecule has 0 saturated carbocycles. The maximum atomic E-state index is 9.53. The van der Waals surface area contributed by atoms with E-state index in [1.165, 1.54) is 18.6 Å². The SMILES string of the molecule is CCCCSC1CO[C@H]2[C@@H]1OC[C@@H]2O. The van der Waals surface area contributed by atoms with Crippen LogP contribution in [0.2, 0.25) is 0 Å². The number of rotatable bonds is 4. The van der Waals surface area contributed by atoms with E-state index < -0.39 is 6.10 Å². The lowest BCUT2D eigenvalue weighted by atomic mass is 10.1. The van der Waals surface area contributed by atoms with Crippen molar-refractivity contribution in [2.75, 3.05) is 19.0 Å². The van der Waals surface area contributed by atoms with Gasteiger partial charge in [-0.1, -0.05) is 13.3 Å². The second-order valence-electron chi connectivity index (χ2n) is 3.93. The molecule has 2 aliphatic heterocycles. The molecule has 0 aromatic rings. The minimum Gasteiger partial charge on any atom is -0.388 e. The van der Waals surface area contributed by atoms with Crippen LogP contribution in [0.25, 0.3) is 0 Å². The van der Waals surface area contributed by atoms with Gasteiger partial charge in [-0.3, -0.25) is 0 Å². The van der Waals surface area contributed by atoms with Crippen molar-refractivity contribution in [3.63, 3.8) is 0 Å². The lowest BCUT2D eigenvalue weighted by Crippen LogP contribution is -2.30. The number of hydrogen-bond acceptors (Lipinski definition) is 4. The first-order valence-electron chi connectivity index (χ1n) is 5.35. The van der Waals surface area contributed by atoms with Gasteiger partial charge in [0.1, 0.15) is 18.3 Å². The molecule has 2 fully saturated rings. The highest BCUT2D eigenvalue weighted by Crippen LogP contribution is 2.34. The van der Waals surface area contributed by atoms with Crippen LogP contribution >= 0.6 is 11.8 Å². The molecule has 0 spiro atoms. The smallest absolute Gasteiger partial charge is 0.113 e.